The predicted octanol–water partition coefficient (Wildman–Crippen LogP) is 2.88. The molecule has 0 bridgehead atoms. The summed E-state index contributed by atoms with van der Waals surface area (Å²) in [5, 5.41) is 8.93. The average Bonchev–Trinajstić information content (AvgIpc) is 2.94. The van der Waals surface area contributed by atoms with Crippen LogP contribution in [0.2, 0.25) is 4.34 Å². The van der Waals surface area contributed by atoms with Crippen molar-refractivity contribution in [2.45, 2.75) is 36.4 Å². The number of hydrogen-bond acceptors (Lipinski definition) is 5. The maximum absolute atomic E-state index is 12.8. The van der Waals surface area contributed by atoms with Crippen molar-refractivity contribution in [2.24, 2.45) is 5.92 Å². The Bertz CT molecular complexity index is 636. The van der Waals surface area contributed by atoms with Gasteiger partial charge in [0.2, 0.25) is 0 Å². The summed E-state index contributed by atoms with van der Waals surface area (Å²) in [4.78, 5) is 11.4. The van der Waals surface area contributed by atoms with Gasteiger partial charge in [-0.1, -0.05) is 25.4 Å². The second-order valence-corrected chi connectivity index (χ2v) is 10.1. The summed E-state index contributed by atoms with van der Waals surface area (Å²) in [5.41, 5.74) is 0.681. The molecule has 118 valence electrons. The highest BCUT2D eigenvalue weighted by molar-refractivity contribution is 8.01. The molecule has 1 aliphatic heterocycles. The van der Waals surface area contributed by atoms with Crippen LogP contribution in [-0.4, -0.2) is 41.0 Å². The number of carbonyl (C=O) groups is 1. The van der Waals surface area contributed by atoms with Crippen LogP contribution in [0.15, 0.2) is 10.3 Å². The number of halogens is 1. The average molecular weight is 370 g/mol. The Labute approximate surface area is 137 Å². The molecule has 21 heavy (non-hydrogen) atoms. The zero-order valence-electron chi connectivity index (χ0n) is 11.7. The first-order valence-corrected chi connectivity index (χ1v) is 9.98. The molecule has 9 heteroatoms. The van der Waals surface area contributed by atoms with Crippen LogP contribution in [0, 0.1) is 12.8 Å². The summed E-state index contributed by atoms with van der Waals surface area (Å²) in [6.45, 7) is 5.50. The molecule has 5 nitrogen and oxygen atoms in total. The fourth-order valence-corrected chi connectivity index (χ4v) is 7.68. The van der Waals surface area contributed by atoms with Gasteiger partial charge in [-0.3, -0.25) is 4.79 Å². The van der Waals surface area contributed by atoms with Gasteiger partial charge < -0.3 is 5.11 Å². The lowest BCUT2D eigenvalue weighted by Crippen LogP contribution is -2.46. The number of carboxylic acid groups (broad SMARTS) is 1. The Morgan fingerprint density at radius 1 is 1.52 bits per heavy atom. The van der Waals surface area contributed by atoms with Crippen LogP contribution in [0.4, 0.5) is 0 Å². The molecule has 0 spiro atoms. The lowest BCUT2D eigenvalue weighted by molar-refractivity contribution is -0.140. The smallest absolute Gasteiger partial charge is 0.322 e. The van der Waals surface area contributed by atoms with Crippen molar-refractivity contribution in [3.63, 3.8) is 0 Å². The third-order valence-corrected chi connectivity index (χ3v) is 8.85. The molecule has 1 fully saturated rings. The molecular formula is C12H16ClNO4S3. The van der Waals surface area contributed by atoms with E-state index >= 15 is 0 Å². The molecule has 0 saturated carbocycles. The van der Waals surface area contributed by atoms with E-state index in [1.165, 1.54) is 17.8 Å². The van der Waals surface area contributed by atoms with Crippen LogP contribution in [0.1, 0.15) is 19.4 Å². The quantitative estimate of drug-likeness (QED) is 0.883. The number of aryl methyl sites for hydroxylation is 1. The van der Waals surface area contributed by atoms with Crippen molar-refractivity contribution in [1.82, 2.24) is 4.31 Å². The second-order valence-electron chi connectivity index (χ2n) is 5.18. The number of thiophene rings is 1. The van der Waals surface area contributed by atoms with Gasteiger partial charge in [0.25, 0.3) is 10.0 Å². The molecule has 1 aromatic rings. The molecule has 2 rings (SSSR count). The van der Waals surface area contributed by atoms with Crippen LogP contribution in [-0.2, 0) is 14.8 Å². The summed E-state index contributed by atoms with van der Waals surface area (Å²) < 4.78 is 27.3. The highest BCUT2D eigenvalue weighted by atomic mass is 35.5. The van der Waals surface area contributed by atoms with Gasteiger partial charge in [-0.25, -0.2) is 8.42 Å². The monoisotopic (exact) mass is 369 g/mol. The van der Waals surface area contributed by atoms with E-state index < -0.39 is 22.0 Å². The number of thioether (sulfide) groups is 1. The Kier molecular flexibility index (Phi) is 4.94. The molecule has 2 atom stereocenters. The van der Waals surface area contributed by atoms with Gasteiger partial charge in [0.05, 0.1) is 9.71 Å². The van der Waals surface area contributed by atoms with Crippen molar-refractivity contribution < 1.29 is 18.3 Å². The lowest BCUT2D eigenvalue weighted by Gasteiger charge is -2.28. The van der Waals surface area contributed by atoms with E-state index in [0.717, 1.165) is 15.6 Å². The first kappa shape index (κ1) is 17.1. The number of rotatable bonds is 4. The molecule has 0 aliphatic carbocycles. The highest BCUT2D eigenvalue weighted by Crippen LogP contribution is 2.41. The third-order valence-electron chi connectivity index (χ3n) is 3.20. The van der Waals surface area contributed by atoms with Gasteiger partial charge in [0.15, 0.2) is 0 Å². The van der Waals surface area contributed by atoms with E-state index in [1.54, 1.807) is 6.92 Å². The number of aliphatic carboxylic acids is 1. The highest BCUT2D eigenvalue weighted by Gasteiger charge is 2.47. The minimum atomic E-state index is -3.86. The molecule has 1 aliphatic rings. The molecule has 2 unspecified atom stereocenters. The van der Waals surface area contributed by atoms with Crippen molar-refractivity contribution in [3.05, 3.63) is 16.0 Å². The molecule has 2 heterocycles. The van der Waals surface area contributed by atoms with Crippen molar-refractivity contribution in [3.8, 4) is 0 Å². The van der Waals surface area contributed by atoms with E-state index in [0.29, 0.717) is 9.90 Å². The zero-order valence-corrected chi connectivity index (χ0v) is 14.9. The van der Waals surface area contributed by atoms with Crippen LogP contribution in [0.3, 0.4) is 0 Å². The minimum absolute atomic E-state index is 0.0191. The standard InChI is InChI=1S/C12H16ClNO4S3/c1-6(2)11-14(8(5-19-11)12(15)16)21(17,18)9-4-7(3)10(13)20-9/h4,6,8,11H,5H2,1-3H3,(H,15,16). The van der Waals surface area contributed by atoms with Crippen LogP contribution in [0.5, 0.6) is 0 Å². The zero-order chi connectivity index (χ0) is 15.9. The Morgan fingerprint density at radius 3 is 2.57 bits per heavy atom. The normalized spacial score (nSPS) is 23.9. The van der Waals surface area contributed by atoms with Gasteiger partial charge in [-0.05, 0) is 24.5 Å². The van der Waals surface area contributed by atoms with E-state index in [4.69, 9.17) is 11.6 Å². The summed E-state index contributed by atoms with van der Waals surface area (Å²) in [7, 11) is -3.86. The van der Waals surface area contributed by atoms with Crippen LogP contribution < -0.4 is 0 Å². The fourth-order valence-electron chi connectivity index (χ4n) is 2.15. The molecule has 1 saturated heterocycles. The van der Waals surface area contributed by atoms with E-state index in [9.17, 15) is 18.3 Å². The Morgan fingerprint density at radius 2 is 2.14 bits per heavy atom. The summed E-state index contributed by atoms with van der Waals surface area (Å²) in [6, 6.07) is 0.468. The maximum Gasteiger partial charge on any atom is 0.322 e. The summed E-state index contributed by atoms with van der Waals surface area (Å²) >= 11 is 8.29. The molecule has 1 N–H and O–H groups in total. The van der Waals surface area contributed by atoms with Crippen LogP contribution in [0.25, 0.3) is 0 Å². The van der Waals surface area contributed by atoms with Gasteiger partial charge in [0, 0.05) is 5.75 Å². The topological polar surface area (TPSA) is 74.7 Å². The lowest BCUT2D eigenvalue weighted by atomic mass is 10.2. The predicted molar refractivity (Wildman–Crippen MR) is 85.6 cm³/mol. The third kappa shape index (κ3) is 3.10. The number of nitrogens with zero attached hydrogens (tertiary/aromatic N) is 1. The van der Waals surface area contributed by atoms with E-state index in [-0.39, 0.29) is 21.3 Å². The van der Waals surface area contributed by atoms with Crippen molar-refractivity contribution in [1.29, 1.82) is 0 Å². The largest absolute Gasteiger partial charge is 0.480 e. The van der Waals surface area contributed by atoms with Gasteiger partial charge in [-0.2, -0.15) is 4.31 Å². The summed E-state index contributed by atoms with van der Waals surface area (Å²) in [6.07, 6.45) is 0. The molecule has 0 aromatic carbocycles. The second kappa shape index (κ2) is 6.08. The van der Waals surface area contributed by atoms with E-state index in [2.05, 4.69) is 0 Å². The Balaban J connectivity index is 2.49. The molecular weight excluding hydrogens is 354 g/mol. The molecule has 0 amide bonds. The SMILES string of the molecule is Cc1cc(S(=O)(=O)N2C(C(=O)O)CSC2C(C)C)sc1Cl. The minimum Gasteiger partial charge on any atom is -0.480 e. The van der Waals surface area contributed by atoms with Crippen molar-refractivity contribution >= 4 is 50.7 Å². The van der Waals surface area contributed by atoms with Crippen LogP contribution >= 0.6 is 34.7 Å². The Hall–Kier alpha value is -0.280. The number of hydrogen-bond donors (Lipinski definition) is 1. The van der Waals surface area contributed by atoms with Crippen molar-refractivity contribution in [2.75, 3.05) is 5.75 Å². The molecule has 0 radical (unpaired) electrons. The maximum atomic E-state index is 12.8. The first-order valence-electron chi connectivity index (χ1n) is 6.30. The summed E-state index contributed by atoms with van der Waals surface area (Å²) in [5.74, 6) is -0.838. The molecule has 1 aromatic heterocycles. The van der Waals surface area contributed by atoms with E-state index in [1.807, 2.05) is 13.8 Å². The first-order chi connectivity index (χ1) is 9.66. The van der Waals surface area contributed by atoms with Gasteiger partial charge in [0.1, 0.15) is 10.3 Å². The van der Waals surface area contributed by atoms with Gasteiger partial charge >= 0.3 is 5.97 Å². The number of carboxylic acids is 1. The van der Waals surface area contributed by atoms with Gasteiger partial charge in [-0.15, -0.1) is 23.1 Å². The number of sulfonamides is 1. The fraction of sp³-hybridized carbons (Fsp3) is 0.583.